The second kappa shape index (κ2) is 7.52. The van der Waals surface area contributed by atoms with E-state index in [4.69, 9.17) is 0 Å². The molecule has 5 unspecified atom stereocenters. The second-order valence-electron chi connectivity index (χ2n) is 11.6. The van der Waals surface area contributed by atoms with Crippen molar-refractivity contribution >= 4 is 5.91 Å². The largest absolute Gasteiger partial charge is 0.508 e. The first-order valence-corrected chi connectivity index (χ1v) is 13.2. The van der Waals surface area contributed by atoms with Crippen molar-refractivity contribution in [3.05, 3.63) is 65.2 Å². The highest BCUT2D eigenvalue weighted by Crippen LogP contribution is 2.75. The fourth-order valence-corrected chi connectivity index (χ4v) is 9.60. The highest BCUT2D eigenvalue weighted by molar-refractivity contribution is 5.94. The van der Waals surface area contributed by atoms with Gasteiger partial charge in [0.2, 0.25) is 6.43 Å². The smallest absolute Gasteiger partial charge is 0.254 e. The van der Waals surface area contributed by atoms with E-state index in [1.54, 1.807) is 6.07 Å². The maximum atomic E-state index is 13.6. The van der Waals surface area contributed by atoms with Crippen LogP contribution in [0.5, 0.6) is 5.75 Å². The number of hydrogen-bond donors (Lipinski definition) is 1. The fourth-order valence-electron chi connectivity index (χ4n) is 9.60. The lowest BCUT2D eigenvalue weighted by Gasteiger charge is -2.66. The Hall–Kier alpha value is -2.47. The van der Waals surface area contributed by atoms with Gasteiger partial charge in [-0.1, -0.05) is 24.3 Å². The third kappa shape index (κ3) is 2.78. The van der Waals surface area contributed by atoms with Crippen molar-refractivity contribution in [2.75, 3.05) is 19.6 Å². The van der Waals surface area contributed by atoms with Gasteiger partial charge in [-0.05, 0) is 91.3 Å². The summed E-state index contributed by atoms with van der Waals surface area (Å²) in [5.41, 5.74) is 3.25. The van der Waals surface area contributed by atoms with E-state index in [0.29, 0.717) is 24.1 Å². The summed E-state index contributed by atoms with van der Waals surface area (Å²) in [4.78, 5) is 18.1. The summed E-state index contributed by atoms with van der Waals surface area (Å²) in [6.07, 6.45) is 2.51. The SMILES string of the molecule is O=C(c1ccccc1)N1C[C@H]2CC34CCC1C2C31CCN(CCC(F)F)C4Cc2ccc(O)cc21. The predicted molar refractivity (Wildman–Crippen MR) is 129 cm³/mol. The van der Waals surface area contributed by atoms with E-state index in [1.807, 2.05) is 36.4 Å². The predicted octanol–water partition coefficient (Wildman–Crippen LogP) is 4.86. The van der Waals surface area contributed by atoms with Crippen LogP contribution in [0.15, 0.2) is 48.5 Å². The van der Waals surface area contributed by atoms with Crippen LogP contribution in [0.3, 0.4) is 0 Å². The number of nitrogens with zero attached hydrogens (tertiary/aromatic N) is 2. The number of likely N-dealkylation sites (tertiary alicyclic amines) is 2. The Morgan fingerprint density at radius 2 is 1.97 bits per heavy atom. The molecule has 2 aliphatic heterocycles. The molecule has 1 amide bonds. The van der Waals surface area contributed by atoms with Crippen LogP contribution >= 0.6 is 0 Å². The number of phenolic OH excluding ortho intramolecular Hbond substituents is 1. The zero-order chi connectivity index (χ0) is 23.9. The van der Waals surface area contributed by atoms with Crippen LogP contribution in [0, 0.1) is 17.3 Å². The minimum absolute atomic E-state index is 0.0435. The van der Waals surface area contributed by atoms with Crippen molar-refractivity contribution < 1.29 is 18.7 Å². The fraction of sp³-hybridized carbons (Fsp3) is 0.552. The van der Waals surface area contributed by atoms with Crippen LogP contribution in [0.2, 0.25) is 0 Å². The third-order valence-electron chi connectivity index (χ3n) is 10.5. The average Bonchev–Trinajstić information content (AvgIpc) is 3.30. The maximum Gasteiger partial charge on any atom is 0.254 e. The molecule has 4 nitrogen and oxygen atoms in total. The van der Waals surface area contributed by atoms with Gasteiger partial charge in [0.1, 0.15) is 5.75 Å². The Balaban J connectivity index is 1.33. The minimum atomic E-state index is -2.27. The molecule has 2 aromatic carbocycles. The summed E-state index contributed by atoms with van der Waals surface area (Å²) >= 11 is 0. The molecule has 7 rings (SSSR count). The molecule has 6 heteroatoms. The van der Waals surface area contributed by atoms with Gasteiger partial charge in [-0.25, -0.2) is 8.78 Å². The van der Waals surface area contributed by atoms with Crippen molar-refractivity contribution in [3.63, 3.8) is 0 Å². The van der Waals surface area contributed by atoms with Crippen molar-refractivity contribution in [3.8, 4) is 5.75 Å². The van der Waals surface area contributed by atoms with Crippen LogP contribution in [-0.2, 0) is 11.8 Å². The topological polar surface area (TPSA) is 43.8 Å². The second-order valence-corrected chi connectivity index (χ2v) is 11.6. The number of carbonyl (C=O) groups excluding carboxylic acids is 1. The van der Waals surface area contributed by atoms with Crippen LogP contribution in [0.1, 0.15) is 53.6 Å². The number of alkyl halides is 2. The van der Waals surface area contributed by atoms with Gasteiger partial charge >= 0.3 is 0 Å². The van der Waals surface area contributed by atoms with Gasteiger partial charge in [0.05, 0.1) is 0 Å². The summed E-state index contributed by atoms with van der Waals surface area (Å²) in [5.74, 6) is 1.22. The number of phenols is 1. The zero-order valence-electron chi connectivity index (χ0n) is 19.9. The maximum absolute atomic E-state index is 13.6. The van der Waals surface area contributed by atoms with Gasteiger partial charge in [-0.15, -0.1) is 0 Å². The average molecular weight is 479 g/mol. The lowest BCUT2D eigenvalue weighted by Crippen LogP contribution is -2.69. The summed E-state index contributed by atoms with van der Waals surface area (Å²) in [6.45, 7) is 2.05. The molecule has 0 radical (unpaired) electrons. The van der Waals surface area contributed by atoms with Crippen molar-refractivity contribution in [2.45, 2.75) is 62.4 Å². The van der Waals surface area contributed by atoms with Crippen molar-refractivity contribution in [1.82, 2.24) is 9.80 Å². The third-order valence-corrected chi connectivity index (χ3v) is 10.5. The van der Waals surface area contributed by atoms with Crippen molar-refractivity contribution in [1.29, 1.82) is 0 Å². The van der Waals surface area contributed by atoms with E-state index in [1.165, 1.54) is 11.1 Å². The van der Waals surface area contributed by atoms with Crippen molar-refractivity contribution in [2.24, 2.45) is 17.3 Å². The molecule has 1 N–H and O–H groups in total. The summed E-state index contributed by atoms with van der Waals surface area (Å²) in [7, 11) is 0. The molecule has 0 spiro atoms. The molecule has 6 atom stereocenters. The van der Waals surface area contributed by atoms with Crippen LogP contribution in [0.4, 0.5) is 8.78 Å². The number of fused-ring (bicyclic) bond motifs is 1. The Bertz CT molecular complexity index is 1170. The van der Waals surface area contributed by atoms with Gasteiger partial charge in [-0.3, -0.25) is 9.69 Å². The molecule has 2 aromatic rings. The highest BCUT2D eigenvalue weighted by Gasteiger charge is 2.76. The van der Waals surface area contributed by atoms with E-state index < -0.39 is 6.43 Å². The quantitative estimate of drug-likeness (QED) is 0.683. The molecule has 184 valence electrons. The molecule has 4 fully saturated rings. The molecule has 2 heterocycles. The van der Waals surface area contributed by atoms with E-state index in [0.717, 1.165) is 50.8 Å². The first-order valence-electron chi connectivity index (χ1n) is 13.2. The molecule has 5 aliphatic rings. The van der Waals surface area contributed by atoms with Crippen LogP contribution in [-0.4, -0.2) is 59.0 Å². The molecule has 4 bridgehead atoms. The number of piperidine rings is 1. The highest BCUT2D eigenvalue weighted by atomic mass is 19.3. The van der Waals surface area contributed by atoms with Gasteiger partial charge in [0, 0.05) is 42.6 Å². The molecule has 2 saturated heterocycles. The first-order chi connectivity index (χ1) is 16.9. The lowest BCUT2D eigenvalue weighted by atomic mass is 9.43. The molecular weight excluding hydrogens is 446 g/mol. The Morgan fingerprint density at radius 3 is 2.77 bits per heavy atom. The standard InChI is InChI=1S/C29H32F2N2O2/c30-25(31)9-12-32-13-11-29-22-15-21(34)7-6-19(22)14-24(32)28(29)10-8-23-26(29)20(16-28)17-33(23)27(35)18-4-2-1-3-5-18/h1-7,15,20,23-26,34H,8-14,16-17H2/t20-,23?,24?,26?,28?,29?/m1/s1. The number of aromatic hydroxyl groups is 1. The summed E-state index contributed by atoms with van der Waals surface area (Å²) in [6, 6.07) is 15.9. The number of carbonyl (C=O) groups is 1. The van der Waals surface area contributed by atoms with Gasteiger partial charge in [-0.2, -0.15) is 0 Å². The first kappa shape index (κ1) is 21.8. The monoisotopic (exact) mass is 478 g/mol. The van der Waals surface area contributed by atoms with E-state index in [9.17, 15) is 18.7 Å². The number of amides is 1. The Morgan fingerprint density at radius 1 is 1.14 bits per heavy atom. The number of halogens is 2. The number of benzene rings is 2. The molecular formula is C29H32F2N2O2. The number of hydrogen-bond acceptors (Lipinski definition) is 3. The Labute approximate surface area is 204 Å². The van der Waals surface area contributed by atoms with E-state index in [-0.39, 0.29) is 35.2 Å². The van der Waals surface area contributed by atoms with E-state index >= 15 is 0 Å². The number of rotatable bonds is 4. The normalized spacial score (nSPS) is 36.8. The molecule has 35 heavy (non-hydrogen) atoms. The summed E-state index contributed by atoms with van der Waals surface area (Å²) in [5, 5.41) is 10.5. The zero-order valence-corrected chi connectivity index (χ0v) is 19.9. The van der Waals surface area contributed by atoms with Crippen LogP contribution < -0.4 is 0 Å². The van der Waals surface area contributed by atoms with E-state index in [2.05, 4.69) is 15.9 Å². The van der Waals surface area contributed by atoms with Gasteiger partial charge in [0.25, 0.3) is 5.91 Å². The summed E-state index contributed by atoms with van der Waals surface area (Å²) < 4.78 is 26.4. The van der Waals surface area contributed by atoms with Gasteiger partial charge in [0.15, 0.2) is 0 Å². The van der Waals surface area contributed by atoms with Crippen LogP contribution in [0.25, 0.3) is 0 Å². The minimum Gasteiger partial charge on any atom is -0.508 e. The van der Waals surface area contributed by atoms with Gasteiger partial charge < -0.3 is 10.0 Å². The molecule has 2 saturated carbocycles. The lowest BCUT2D eigenvalue weighted by molar-refractivity contribution is -0.103. The molecule has 0 aromatic heterocycles. The molecule has 3 aliphatic carbocycles. The Kier molecular flexibility index (Phi) is 4.68.